The first-order valence-electron chi connectivity index (χ1n) is 11.6. The summed E-state index contributed by atoms with van der Waals surface area (Å²) in [4.78, 5) is 5.06. The summed E-state index contributed by atoms with van der Waals surface area (Å²) in [6.45, 7) is 6.23. The van der Waals surface area contributed by atoms with Gasteiger partial charge in [-0.05, 0) is 59.9 Å². The van der Waals surface area contributed by atoms with Gasteiger partial charge < -0.3 is 9.84 Å². The minimum atomic E-state index is -4.39. The van der Waals surface area contributed by atoms with Gasteiger partial charge in [-0.15, -0.1) is 0 Å². The van der Waals surface area contributed by atoms with E-state index in [2.05, 4.69) is 13.8 Å². The summed E-state index contributed by atoms with van der Waals surface area (Å²) in [5, 5.41) is 11.2. The molecule has 1 aromatic carbocycles. The van der Waals surface area contributed by atoms with Gasteiger partial charge in [0.15, 0.2) is 0 Å². The highest BCUT2D eigenvalue weighted by Gasteiger charge is 2.54. The Labute approximate surface area is 186 Å². The van der Waals surface area contributed by atoms with Gasteiger partial charge in [-0.2, -0.15) is 13.2 Å². The molecule has 32 heavy (non-hydrogen) atoms. The SMILES string of the molecule is CC1c2cc(C(F)(F)F)ccc2[C@@H]2OC3(CCCC3)c3c2c1nc1c3[C@H](O)CC(C)(C)C1. The number of halogens is 3. The van der Waals surface area contributed by atoms with Crippen LogP contribution in [0.1, 0.15) is 116 Å². The Balaban J connectivity index is 1.63. The van der Waals surface area contributed by atoms with Crippen molar-refractivity contribution in [2.24, 2.45) is 5.41 Å². The maximum absolute atomic E-state index is 13.5. The molecule has 6 rings (SSSR count). The van der Waals surface area contributed by atoms with E-state index in [1.54, 1.807) is 6.07 Å². The minimum Gasteiger partial charge on any atom is -0.388 e. The van der Waals surface area contributed by atoms with E-state index in [1.807, 2.05) is 6.92 Å². The van der Waals surface area contributed by atoms with Crippen molar-refractivity contribution < 1.29 is 23.0 Å². The predicted molar refractivity (Wildman–Crippen MR) is 113 cm³/mol. The Morgan fingerprint density at radius 3 is 2.50 bits per heavy atom. The minimum absolute atomic E-state index is 0.0820. The van der Waals surface area contributed by atoms with E-state index in [-0.39, 0.29) is 11.3 Å². The number of aliphatic hydroxyl groups excluding tert-OH is 1. The molecular weight excluding hydrogens is 415 g/mol. The molecule has 0 saturated heterocycles. The van der Waals surface area contributed by atoms with Gasteiger partial charge >= 0.3 is 6.18 Å². The third-order valence-electron chi connectivity index (χ3n) is 8.15. The second-order valence-electron chi connectivity index (χ2n) is 11.0. The van der Waals surface area contributed by atoms with Gasteiger partial charge in [-0.3, -0.25) is 4.98 Å². The highest BCUT2D eigenvalue weighted by molar-refractivity contribution is 5.60. The van der Waals surface area contributed by atoms with Gasteiger partial charge in [0.05, 0.1) is 23.0 Å². The van der Waals surface area contributed by atoms with Gasteiger partial charge in [0.1, 0.15) is 6.10 Å². The Morgan fingerprint density at radius 1 is 1.09 bits per heavy atom. The molecular formula is C26H28F3NO2. The number of nitrogens with zero attached hydrogens (tertiary/aromatic N) is 1. The molecule has 6 heteroatoms. The summed E-state index contributed by atoms with van der Waals surface area (Å²) < 4.78 is 47.3. The molecule has 1 aliphatic heterocycles. The van der Waals surface area contributed by atoms with Crippen molar-refractivity contribution >= 4 is 0 Å². The van der Waals surface area contributed by atoms with Crippen LogP contribution in [0.25, 0.3) is 0 Å². The molecule has 4 aliphatic rings. The van der Waals surface area contributed by atoms with Crippen molar-refractivity contribution in [2.45, 2.75) is 89.2 Å². The molecule has 2 aromatic rings. The molecule has 3 atom stereocenters. The van der Waals surface area contributed by atoms with Crippen LogP contribution in [0.15, 0.2) is 18.2 Å². The first kappa shape index (κ1) is 20.7. The molecule has 3 aliphatic carbocycles. The van der Waals surface area contributed by atoms with E-state index in [9.17, 15) is 18.3 Å². The van der Waals surface area contributed by atoms with Gasteiger partial charge in [-0.25, -0.2) is 0 Å². The lowest BCUT2D eigenvalue weighted by Crippen LogP contribution is -2.32. The number of benzene rings is 1. The monoisotopic (exact) mass is 443 g/mol. The largest absolute Gasteiger partial charge is 0.416 e. The van der Waals surface area contributed by atoms with Crippen LogP contribution in [0, 0.1) is 5.41 Å². The number of rotatable bonds is 0. The maximum atomic E-state index is 13.5. The second-order valence-corrected chi connectivity index (χ2v) is 11.0. The smallest absolute Gasteiger partial charge is 0.388 e. The van der Waals surface area contributed by atoms with Crippen molar-refractivity contribution in [1.29, 1.82) is 0 Å². The first-order chi connectivity index (χ1) is 15.0. The normalized spacial score (nSPS) is 29.0. The van der Waals surface area contributed by atoms with Crippen molar-refractivity contribution in [2.75, 3.05) is 0 Å². The van der Waals surface area contributed by atoms with E-state index >= 15 is 0 Å². The number of aliphatic hydroxyl groups is 1. The summed E-state index contributed by atoms with van der Waals surface area (Å²) in [7, 11) is 0. The van der Waals surface area contributed by atoms with Crippen LogP contribution >= 0.6 is 0 Å². The number of fused-ring (bicyclic) bond motifs is 5. The van der Waals surface area contributed by atoms with Crippen molar-refractivity contribution in [3.63, 3.8) is 0 Å². The molecule has 1 N–H and O–H groups in total. The van der Waals surface area contributed by atoms with Crippen LogP contribution in [0.2, 0.25) is 0 Å². The lowest BCUT2D eigenvalue weighted by molar-refractivity contribution is -0.137. The molecule has 1 spiro atoms. The topological polar surface area (TPSA) is 42.4 Å². The third kappa shape index (κ3) is 2.72. The summed E-state index contributed by atoms with van der Waals surface area (Å²) >= 11 is 0. The average molecular weight is 444 g/mol. The fraction of sp³-hybridized carbons (Fsp3) is 0.577. The number of pyridine rings is 1. The summed E-state index contributed by atoms with van der Waals surface area (Å²) in [6, 6.07) is 4.05. The molecule has 1 aromatic heterocycles. The Kier molecular flexibility index (Phi) is 4.10. The van der Waals surface area contributed by atoms with Gasteiger partial charge in [0.25, 0.3) is 0 Å². The van der Waals surface area contributed by atoms with Crippen molar-refractivity contribution in [3.05, 3.63) is 63.0 Å². The van der Waals surface area contributed by atoms with Gasteiger partial charge in [0.2, 0.25) is 0 Å². The highest BCUT2D eigenvalue weighted by Crippen LogP contribution is 2.62. The zero-order valence-corrected chi connectivity index (χ0v) is 18.6. The second kappa shape index (κ2) is 6.35. The lowest BCUT2D eigenvalue weighted by atomic mass is 9.69. The Morgan fingerprint density at radius 2 is 1.81 bits per heavy atom. The number of alkyl halides is 3. The van der Waals surface area contributed by atoms with Crippen LogP contribution in [0.3, 0.4) is 0 Å². The maximum Gasteiger partial charge on any atom is 0.416 e. The summed E-state index contributed by atoms with van der Waals surface area (Å²) in [5.41, 5.74) is 5.10. The molecule has 0 radical (unpaired) electrons. The van der Waals surface area contributed by atoms with E-state index in [0.717, 1.165) is 65.7 Å². The summed E-state index contributed by atoms with van der Waals surface area (Å²) in [6.07, 6.45) is -0.0962. The van der Waals surface area contributed by atoms with Gasteiger partial charge in [0, 0.05) is 22.7 Å². The molecule has 170 valence electrons. The Hall–Kier alpha value is -1.92. The average Bonchev–Trinajstić information content (AvgIpc) is 3.30. The zero-order valence-electron chi connectivity index (χ0n) is 18.6. The molecule has 0 amide bonds. The van der Waals surface area contributed by atoms with Gasteiger partial charge in [-0.1, -0.05) is 39.7 Å². The third-order valence-corrected chi connectivity index (χ3v) is 8.15. The van der Waals surface area contributed by atoms with E-state index < -0.39 is 29.5 Å². The van der Waals surface area contributed by atoms with Crippen molar-refractivity contribution in [1.82, 2.24) is 4.98 Å². The molecule has 0 bridgehead atoms. The number of hydrogen-bond acceptors (Lipinski definition) is 3. The molecule has 1 fully saturated rings. The van der Waals surface area contributed by atoms with Crippen LogP contribution < -0.4 is 0 Å². The Bertz CT molecular complexity index is 1130. The molecule has 3 nitrogen and oxygen atoms in total. The fourth-order valence-electron chi connectivity index (χ4n) is 6.80. The quantitative estimate of drug-likeness (QED) is 0.508. The predicted octanol–water partition coefficient (Wildman–Crippen LogP) is 6.46. The van der Waals surface area contributed by atoms with Crippen LogP contribution in [0.5, 0.6) is 0 Å². The molecule has 2 heterocycles. The van der Waals surface area contributed by atoms with Crippen LogP contribution in [-0.4, -0.2) is 10.1 Å². The van der Waals surface area contributed by atoms with Crippen LogP contribution in [0.4, 0.5) is 13.2 Å². The van der Waals surface area contributed by atoms with E-state index in [0.29, 0.717) is 12.0 Å². The van der Waals surface area contributed by atoms with Crippen molar-refractivity contribution in [3.8, 4) is 0 Å². The molecule has 1 saturated carbocycles. The highest BCUT2D eigenvalue weighted by atomic mass is 19.4. The number of aromatic nitrogens is 1. The fourth-order valence-corrected chi connectivity index (χ4v) is 6.80. The zero-order chi connectivity index (χ0) is 22.6. The summed E-state index contributed by atoms with van der Waals surface area (Å²) in [5.74, 6) is -0.259. The molecule has 1 unspecified atom stereocenters. The number of hydrogen-bond donors (Lipinski definition) is 1. The standard InChI is InChI=1S/C26H28F3NO2/c1-13-16-10-14(26(27,28)29)6-7-15(16)23-20-21(25(32-23)8-4-5-9-25)19-17(30-22(13)20)11-24(2,3)12-18(19)31/h6-7,10,13,18,23,31H,4-5,8-9,11-12H2,1-3H3/t13?,18-,23+/m1/s1. The van der Waals surface area contributed by atoms with Crippen LogP contribution in [-0.2, 0) is 22.9 Å². The van der Waals surface area contributed by atoms with E-state index in [1.165, 1.54) is 12.1 Å². The lowest BCUT2D eigenvalue weighted by Gasteiger charge is -2.38. The van der Waals surface area contributed by atoms with E-state index in [4.69, 9.17) is 9.72 Å². The number of ether oxygens (including phenoxy) is 1. The first-order valence-corrected chi connectivity index (χ1v) is 11.6.